The van der Waals surface area contributed by atoms with Crippen molar-refractivity contribution >= 4 is 35.2 Å². The highest BCUT2D eigenvalue weighted by atomic mass is 28.3. The molecule has 226 valence electrons. The second-order valence-corrected chi connectivity index (χ2v) is 18.0. The van der Waals surface area contributed by atoms with Crippen molar-refractivity contribution in [1.29, 1.82) is 0 Å². The first-order chi connectivity index (χ1) is 22.9. The van der Waals surface area contributed by atoms with E-state index in [1.807, 2.05) is 60.7 Å². The Morgan fingerprint density at radius 3 is 1.68 bits per heavy atom. The average Bonchev–Trinajstić information content (AvgIpc) is 3.51. The van der Waals surface area contributed by atoms with Gasteiger partial charge in [0, 0.05) is 27.5 Å². The topological polar surface area (TPSA) is 51.8 Å². The largest absolute Gasteiger partial charge is 0.456 e. The van der Waals surface area contributed by atoms with Gasteiger partial charge in [0.15, 0.2) is 17.5 Å². The Balaban J connectivity index is 1.24. The van der Waals surface area contributed by atoms with Crippen molar-refractivity contribution in [3.63, 3.8) is 0 Å². The molecule has 0 saturated heterocycles. The van der Waals surface area contributed by atoms with E-state index in [1.54, 1.807) is 0 Å². The van der Waals surface area contributed by atoms with E-state index >= 15 is 0 Å². The molecule has 0 saturated carbocycles. The van der Waals surface area contributed by atoms with E-state index in [0.717, 1.165) is 49.8 Å². The third-order valence-corrected chi connectivity index (χ3v) is 10.8. The molecule has 0 spiro atoms. The smallest absolute Gasteiger partial charge is 0.164 e. The molecule has 6 aromatic carbocycles. The van der Waals surface area contributed by atoms with E-state index in [0.29, 0.717) is 17.5 Å². The Bertz CT molecular complexity index is 2390. The molecular formula is C42H33N3OSi. The van der Waals surface area contributed by atoms with Crippen LogP contribution in [0.3, 0.4) is 0 Å². The summed E-state index contributed by atoms with van der Waals surface area (Å²) in [5.74, 6) is 1.86. The molecule has 0 amide bonds. The molecule has 0 N–H and O–H groups in total. The molecule has 8 rings (SSSR count). The van der Waals surface area contributed by atoms with E-state index in [-0.39, 0.29) is 0 Å². The van der Waals surface area contributed by atoms with Crippen LogP contribution in [0.2, 0.25) is 19.6 Å². The van der Waals surface area contributed by atoms with Crippen molar-refractivity contribution in [2.45, 2.75) is 19.6 Å². The quantitative estimate of drug-likeness (QED) is 0.173. The molecule has 47 heavy (non-hydrogen) atoms. The average molecular weight is 624 g/mol. The first-order valence-corrected chi connectivity index (χ1v) is 19.4. The van der Waals surface area contributed by atoms with Crippen molar-refractivity contribution in [3.05, 3.63) is 146 Å². The first-order valence-electron chi connectivity index (χ1n) is 15.9. The Morgan fingerprint density at radius 2 is 0.957 bits per heavy atom. The lowest BCUT2D eigenvalue weighted by molar-refractivity contribution is 0.669. The number of benzene rings is 6. The second kappa shape index (κ2) is 11.6. The summed E-state index contributed by atoms with van der Waals surface area (Å²) in [7, 11) is -1.35. The number of furan rings is 1. The fourth-order valence-corrected chi connectivity index (χ4v) is 7.35. The molecule has 2 heterocycles. The first kappa shape index (κ1) is 28.8. The van der Waals surface area contributed by atoms with Crippen LogP contribution in [0.15, 0.2) is 150 Å². The lowest BCUT2D eigenvalue weighted by Gasteiger charge is -2.17. The molecule has 0 unspecified atom stereocenters. The summed E-state index contributed by atoms with van der Waals surface area (Å²) in [4.78, 5) is 15.1. The van der Waals surface area contributed by atoms with Gasteiger partial charge in [-0.05, 0) is 46.5 Å². The lowest BCUT2D eigenvalue weighted by atomic mass is 9.98. The van der Waals surface area contributed by atoms with Crippen molar-refractivity contribution in [2.75, 3.05) is 0 Å². The maximum absolute atomic E-state index is 6.20. The van der Waals surface area contributed by atoms with Crippen LogP contribution >= 0.6 is 0 Å². The Labute approximate surface area is 275 Å². The van der Waals surface area contributed by atoms with Gasteiger partial charge in [-0.1, -0.05) is 146 Å². The lowest BCUT2D eigenvalue weighted by Crippen LogP contribution is -2.37. The summed E-state index contributed by atoms with van der Waals surface area (Å²) in [6.07, 6.45) is 0. The minimum absolute atomic E-state index is 0.611. The van der Waals surface area contributed by atoms with Crippen LogP contribution in [-0.2, 0) is 0 Å². The zero-order valence-electron chi connectivity index (χ0n) is 26.6. The number of fused-ring (bicyclic) bond motifs is 3. The molecule has 0 fully saturated rings. The Hall–Kier alpha value is -5.65. The zero-order valence-corrected chi connectivity index (χ0v) is 27.6. The number of rotatable bonds is 6. The standard InChI is InChI=1S/C42H33N3OSi/c1-47(2,3)34-24-22-28(23-25-34)30-14-9-15-31(26-30)32-16-10-17-33(27-32)41-43-40(29-12-5-4-6-13-29)44-42(45-41)36-19-11-21-38-39(36)35-18-7-8-20-37(35)46-38/h4-27H,1-3H3. The molecule has 0 radical (unpaired) electrons. The SMILES string of the molecule is C[Si](C)(C)c1ccc(-c2cccc(-c3cccc(-c4nc(-c5ccccc5)nc(-c5cccc6oc7ccccc7c56)n4)c3)c2)cc1. The molecule has 2 aromatic heterocycles. The second-order valence-electron chi connectivity index (χ2n) is 12.9. The molecular weight excluding hydrogens is 591 g/mol. The van der Waals surface area contributed by atoms with E-state index < -0.39 is 8.07 Å². The van der Waals surface area contributed by atoms with Crippen molar-refractivity contribution in [1.82, 2.24) is 15.0 Å². The molecule has 4 nitrogen and oxygen atoms in total. The van der Waals surface area contributed by atoms with Gasteiger partial charge in [0.1, 0.15) is 11.2 Å². The van der Waals surface area contributed by atoms with Crippen LogP contribution in [0.5, 0.6) is 0 Å². The summed E-state index contributed by atoms with van der Waals surface area (Å²) < 4.78 is 6.20. The fourth-order valence-electron chi connectivity index (χ4n) is 6.18. The van der Waals surface area contributed by atoms with Gasteiger partial charge in [-0.15, -0.1) is 0 Å². The molecule has 0 aliphatic rings. The summed E-state index contributed by atoms with van der Waals surface area (Å²) in [5, 5.41) is 3.51. The summed E-state index contributed by atoms with van der Waals surface area (Å²) in [6, 6.07) is 50.6. The number of aromatic nitrogens is 3. The Kier molecular flexibility index (Phi) is 7.11. The highest BCUT2D eigenvalue weighted by Crippen LogP contribution is 2.37. The number of hydrogen-bond donors (Lipinski definition) is 0. The zero-order chi connectivity index (χ0) is 32.0. The van der Waals surface area contributed by atoms with Crippen molar-refractivity contribution in [2.24, 2.45) is 0 Å². The highest BCUT2D eigenvalue weighted by Gasteiger charge is 2.18. The van der Waals surface area contributed by atoms with Crippen LogP contribution in [0.1, 0.15) is 0 Å². The summed E-state index contributed by atoms with van der Waals surface area (Å²) >= 11 is 0. The summed E-state index contributed by atoms with van der Waals surface area (Å²) in [5.41, 5.74) is 9.10. The third kappa shape index (κ3) is 5.55. The van der Waals surface area contributed by atoms with Gasteiger partial charge in [0.2, 0.25) is 0 Å². The summed E-state index contributed by atoms with van der Waals surface area (Å²) in [6.45, 7) is 7.15. The van der Waals surface area contributed by atoms with Gasteiger partial charge in [-0.2, -0.15) is 0 Å². The van der Waals surface area contributed by atoms with Gasteiger partial charge >= 0.3 is 0 Å². The molecule has 8 aromatic rings. The van der Waals surface area contributed by atoms with Crippen molar-refractivity contribution < 1.29 is 4.42 Å². The molecule has 0 aliphatic carbocycles. The van der Waals surface area contributed by atoms with E-state index in [2.05, 4.69) is 105 Å². The van der Waals surface area contributed by atoms with Crippen LogP contribution in [0.25, 0.3) is 78.4 Å². The van der Waals surface area contributed by atoms with E-state index in [1.165, 1.54) is 16.3 Å². The number of nitrogens with zero attached hydrogens (tertiary/aromatic N) is 3. The van der Waals surface area contributed by atoms with Crippen LogP contribution < -0.4 is 5.19 Å². The minimum atomic E-state index is -1.35. The number of para-hydroxylation sites is 1. The monoisotopic (exact) mass is 623 g/mol. The fraction of sp³-hybridized carbons (Fsp3) is 0.0714. The van der Waals surface area contributed by atoms with Gasteiger partial charge in [-0.3, -0.25) is 0 Å². The molecule has 0 atom stereocenters. The minimum Gasteiger partial charge on any atom is -0.456 e. The maximum Gasteiger partial charge on any atom is 0.164 e. The maximum atomic E-state index is 6.20. The third-order valence-electron chi connectivity index (χ3n) is 8.71. The molecule has 5 heteroatoms. The van der Waals surface area contributed by atoms with Gasteiger partial charge in [0.05, 0.1) is 8.07 Å². The molecule has 0 bridgehead atoms. The Morgan fingerprint density at radius 1 is 0.426 bits per heavy atom. The van der Waals surface area contributed by atoms with Crippen LogP contribution in [0, 0.1) is 0 Å². The number of hydrogen-bond acceptors (Lipinski definition) is 4. The van der Waals surface area contributed by atoms with Gasteiger partial charge in [-0.25, -0.2) is 15.0 Å². The predicted octanol–water partition coefficient (Wildman–Crippen LogP) is 10.7. The van der Waals surface area contributed by atoms with Crippen molar-refractivity contribution in [3.8, 4) is 56.4 Å². The van der Waals surface area contributed by atoms with Crippen LogP contribution in [0.4, 0.5) is 0 Å². The van der Waals surface area contributed by atoms with E-state index in [9.17, 15) is 0 Å². The highest BCUT2D eigenvalue weighted by molar-refractivity contribution is 6.88. The van der Waals surface area contributed by atoms with Gasteiger partial charge < -0.3 is 4.42 Å². The predicted molar refractivity (Wildman–Crippen MR) is 197 cm³/mol. The van der Waals surface area contributed by atoms with Gasteiger partial charge in [0.25, 0.3) is 0 Å². The molecule has 0 aliphatic heterocycles. The normalized spacial score (nSPS) is 11.7. The van der Waals surface area contributed by atoms with Crippen LogP contribution in [-0.4, -0.2) is 23.0 Å². The van der Waals surface area contributed by atoms with E-state index in [4.69, 9.17) is 19.4 Å².